The first kappa shape index (κ1) is 25.7. The van der Waals surface area contributed by atoms with E-state index in [4.69, 9.17) is 14.2 Å². The molecule has 176 valence electrons. The molecule has 0 unspecified atom stereocenters. The van der Waals surface area contributed by atoms with Crippen LogP contribution in [0, 0.1) is 12.8 Å². The number of benzene rings is 2. The topological polar surface area (TPSA) is 48.0 Å². The monoisotopic (exact) mass is 441 g/mol. The normalized spacial score (nSPS) is 11.7. The Balaban J connectivity index is 2.06. The summed E-state index contributed by atoms with van der Waals surface area (Å²) in [7, 11) is 3.59. The third kappa shape index (κ3) is 8.19. The van der Waals surface area contributed by atoms with Gasteiger partial charge in [-0.05, 0) is 93.6 Å². The molecule has 2 aromatic rings. The Morgan fingerprint density at radius 3 is 2.22 bits per heavy atom. The summed E-state index contributed by atoms with van der Waals surface area (Å²) in [6.07, 6.45) is 0.937. The zero-order chi connectivity index (χ0) is 23.9. The minimum absolute atomic E-state index is 0.223. The number of ether oxygens (including phenoxy) is 3. The van der Waals surface area contributed by atoms with E-state index in [0.717, 1.165) is 29.0 Å². The number of methoxy groups -OCH3 is 1. The summed E-state index contributed by atoms with van der Waals surface area (Å²) in [6, 6.07) is 12.6. The van der Waals surface area contributed by atoms with Crippen LogP contribution in [0.2, 0.25) is 0 Å². The van der Waals surface area contributed by atoms with Crippen LogP contribution in [0.1, 0.15) is 45.7 Å². The molecule has 0 N–H and O–H groups in total. The molecule has 0 saturated heterocycles. The Labute approximate surface area is 193 Å². The van der Waals surface area contributed by atoms with Gasteiger partial charge in [-0.15, -0.1) is 0 Å². The number of rotatable bonds is 10. The standard InChI is InChI=1S/C27H39NO4/c1-19(2)15-23-17-22(21-9-11-24(30-8)20(3)16-21)10-12-25(23)31-14-13-28(7)18-26(29)32-27(4,5)6/h9-12,16-17,19H,13-15,18H2,1-8H3. The van der Waals surface area contributed by atoms with E-state index in [0.29, 0.717) is 19.1 Å². The molecule has 32 heavy (non-hydrogen) atoms. The quantitative estimate of drug-likeness (QED) is 0.454. The number of aryl methyl sites for hydroxylation is 1. The third-order valence-electron chi connectivity index (χ3n) is 4.97. The maximum absolute atomic E-state index is 12.0. The number of carbonyl (C=O) groups is 1. The number of nitrogens with zero attached hydrogens (tertiary/aromatic N) is 1. The summed E-state index contributed by atoms with van der Waals surface area (Å²) in [5.74, 6) is 2.09. The lowest BCUT2D eigenvalue weighted by Crippen LogP contribution is -2.34. The van der Waals surface area contributed by atoms with Crippen LogP contribution in [0.5, 0.6) is 11.5 Å². The first-order chi connectivity index (χ1) is 15.0. The van der Waals surface area contributed by atoms with Crippen molar-refractivity contribution in [3.05, 3.63) is 47.5 Å². The van der Waals surface area contributed by atoms with E-state index in [1.54, 1.807) is 7.11 Å². The zero-order valence-corrected chi connectivity index (χ0v) is 21.0. The van der Waals surface area contributed by atoms with Crippen LogP contribution in [0.25, 0.3) is 11.1 Å². The first-order valence-corrected chi connectivity index (χ1v) is 11.3. The van der Waals surface area contributed by atoms with E-state index in [-0.39, 0.29) is 12.5 Å². The minimum Gasteiger partial charge on any atom is -0.496 e. The fourth-order valence-corrected chi connectivity index (χ4v) is 3.54. The van der Waals surface area contributed by atoms with Gasteiger partial charge < -0.3 is 14.2 Å². The van der Waals surface area contributed by atoms with E-state index in [2.05, 4.69) is 51.1 Å². The number of esters is 1. The van der Waals surface area contributed by atoms with Gasteiger partial charge in [-0.3, -0.25) is 9.69 Å². The Morgan fingerprint density at radius 1 is 1.03 bits per heavy atom. The number of hydrogen-bond donors (Lipinski definition) is 0. The molecule has 0 aromatic heterocycles. The van der Waals surface area contributed by atoms with Gasteiger partial charge in [0.15, 0.2) is 0 Å². The molecule has 0 fully saturated rings. The molecule has 0 aliphatic carbocycles. The summed E-state index contributed by atoms with van der Waals surface area (Å²) in [4.78, 5) is 13.9. The molecule has 0 saturated carbocycles. The molecule has 0 spiro atoms. The molecule has 0 amide bonds. The van der Waals surface area contributed by atoms with Crippen LogP contribution < -0.4 is 9.47 Å². The van der Waals surface area contributed by atoms with Crippen LogP contribution >= 0.6 is 0 Å². The van der Waals surface area contributed by atoms with Crippen molar-refractivity contribution in [1.29, 1.82) is 0 Å². The Morgan fingerprint density at radius 2 is 1.66 bits per heavy atom. The minimum atomic E-state index is -0.468. The highest BCUT2D eigenvalue weighted by Crippen LogP contribution is 2.31. The summed E-state index contributed by atoms with van der Waals surface area (Å²) in [5, 5.41) is 0. The molecule has 0 radical (unpaired) electrons. The highest BCUT2D eigenvalue weighted by molar-refractivity contribution is 5.72. The van der Waals surface area contributed by atoms with Crippen LogP contribution in [0.4, 0.5) is 0 Å². The van der Waals surface area contributed by atoms with Gasteiger partial charge in [0.05, 0.1) is 13.7 Å². The number of carbonyl (C=O) groups excluding carboxylic acids is 1. The molecule has 5 heteroatoms. The lowest BCUT2D eigenvalue weighted by molar-refractivity contribution is -0.155. The van der Waals surface area contributed by atoms with Crippen LogP contribution in [-0.2, 0) is 16.0 Å². The average molecular weight is 442 g/mol. The van der Waals surface area contributed by atoms with Crippen molar-refractivity contribution in [2.45, 2.75) is 53.6 Å². The second-order valence-electron chi connectivity index (χ2n) is 9.78. The van der Waals surface area contributed by atoms with Gasteiger partial charge in [0.2, 0.25) is 0 Å². The highest BCUT2D eigenvalue weighted by Gasteiger charge is 2.17. The number of likely N-dealkylation sites (N-methyl/N-ethyl adjacent to an activating group) is 1. The molecule has 5 nitrogen and oxygen atoms in total. The van der Waals surface area contributed by atoms with Gasteiger partial charge in [-0.2, -0.15) is 0 Å². The Kier molecular flexibility index (Phi) is 9.14. The lowest BCUT2D eigenvalue weighted by atomic mass is 9.96. The lowest BCUT2D eigenvalue weighted by Gasteiger charge is -2.22. The van der Waals surface area contributed by atoms with Crippen molar-refractivity contribution in [3.63, 3.8) is 0 Å². The van der Waals surface area contributed by atoms with Crippen LogP contribution in [0.3, 0.4) is 0 Å². The van der Waals surface area contributed by atoms with Gasteiger partial charge in [-0.25, -0.2) is 0 Å². The van der Waals surface area contributed by atoms with Gasteiger partial charge in [0.25, 0.3) is 0 Å². The van der Waals surface area contributed by atoms with Gasteiger partial charge in [0, 0.05) is 6.54 Å². The molecular formula is C27H39NO4. The van der Waals surface area contributed by atoms with E-state index in [1.165, 1.54) is 11.1 Å². The van der Waals surface area contributed by atoms with Gasteiger partial charge in [-0.1, -0.05) is 26.0 Å². The maximum atomic E-state index is 12.0. The third-order valence-corrected chi connectivity index (χ3v) is 4.97. The second-order valence-corrected chi connectivity index (χ2v) is 9.78. The fraction of sp³-hybridized carbons (Fsp3) is 0.519. The Bertz CT molecular complexity index is 899. The predicted octanol–water partition coefficient (Wildman–Crippen LogP) is 5.52. The highest BCUT2D eigenvalue weighted by atomic mass is 16.6. The molecule has 0 heterocycles. The molecular weight excluding hydrogens is 402 g/mol. The largest absolute Gasteiger partial charge is 0.496 e. The van der Waals surface area contributed by atoms with Crippen molar-refractivity contribution >= 4 is 5.97 Å². The van der Waals surface area contributed by atoms with Crippen molar-refractivity contribution < 1.29 is 19.0 Å². The van der Waals surface area contributed by atoms with E-state index in [9.17, 15) is 4.79 Å². The summed E-state index contributed by atoms with van der Waals surface area (Å²) >= 11 is 0. The average Bonchev–Trinajstić information content (AvgIpc) is 2.67. The van der Waals surface area contributed by atoms with E-state index >= 15 is 0 Å². The molecule has 0 aliphatic rings. The maximum Gasteiger partial charge on any atom is 0.320 e. The summed E-state index contributed by atoms with van der Waals surface area (Å²) in [6.45, 7) is 13.5. The van der Waals surface area contributed by atoms with Crippen molar-refractivity contribution in [2.24, 2.45) is 5.92 Å². The molecule has 0 bridgehead atoms. The first-order valence-electron chi connectivity index (χ1n) is 11.3. The van der Waals surface area contributed by atoms with Crippen LogP contribution in [0.15, 0.2) is 36.4 Å². The second kappa shape index (κ2) is 11.4. The molecule has 2 aromatic carbocycles. The predicted molar refractivity (Wildman–Crippen MR) is 131 cm³/mol. The Hall–Kier alpha value is -2.53. The van der Waals surface area contributed by atoms with E-state index < -0.39 is 5.60 Å². The van der Waals surface area contributed by atoms with Crippen molar-refractivity contribution in [3.8, 4) is 22.6 Å². The van der Waals surface area contributed by atoms with Gasteiger partial charge in [0.1, 0.15) is 23.7 Å². The zero-order valence-electron chi connectivity index (χ0n) is 21.0. The summed E-state index contributed by atoms with van der Waals surface area (Å²) < 4.78 is 16.9. The van der Waals surface area contributed by atoms with Crippen LogP contribution in [-0.4, -0.2) is 50.3 Å². The SMILES string of the molecule is COc1ccc(-c2ccc(OCCN(C)CC(=O)OC(C)(C)C)c(CC(C)C)c2)cc1C. The molecule has 2 rings (SSSR count). The van der Waals surface area contributed by atoms with Gasteiger partial charge >= 0.3 is 5.97 Å². The molecule has 0 aliphatic heterocycles. The smallest absolute Gasteiger partial charge is 0.320 e. The van der Waals surface area contributed by atoms with Crippen molar-refractivity contribution in [2.75, 3.05) is 33.9 Å². The van der Waals surface area contributed by atoms with E-state index in [1.807, 2.05) is 38.8 Å². The number of hydrogen-bond acceptors (Lipinski definition) is 5. The fourth-order valence-electron chi connectivity index (χ4n) is 3.54. The summed E-state index contributed by atoms with van der Waals surface area (Å²) in [5.41, 5.74) is 4.17. The molecule has 0 atom stereocenters. The van der Waals surface area contributed by atoms with Crippen molar-refractivity contribution in [1.82, 2.24) is 4.90 Å².